The number of benzene rings is 2. The molecule has 0 radical (unpaired) electrons. The van der Waals surface area contributed by atoms with Gasteiger partial charge in [0.15, 0.2) is 5.82 Å². The van der Waals surface area contributed by atoms with Crippen LogP contribution in [0.2, 0.25) is 0 Å². The smallest absolute Gasteiger partial charge is 0.297 e. The van der Waals surface area contributed by atoms with Crippen molar-refractivity contribution in [3.05, 3.63) is 88.0 Å². The summed E-state index contributed by atoms with van der Waals surface area (Å²) in [5.74, 6) is 0.414. The van der Waals surface area contributed by atoms with Crippen molar-refractivity contribution in [2.24, 2.45) is 5.92 Å². The number of nitrogens with zero attached hydrogens (tertiary/aromatic N) is 3. The van der Waals surface area contributed by atoms with Crippen molar-refractivity contribution < 1.29 is 4.79 Å². The molecule has 0 spiro atoms. The minimum Gasteiger partial charge on any atom is -0.358 e. The number of hydrogen-bond acceptors (Lipinski definition) is 6. The lowest BCUT2D eigenvalue weighted by atomic mass is 9.93. The monoisotopic (exact) mass is 528 g/mol. The molecule has 3 N–H and O–H groups in total. The molecule has 1 aliphatic heterocycles. The maximum Gasteiger partial charge on any atom is 0.297 e. The topological polar surface area (TPSA) is 91.3 Å². The highest BCUT2D eigenvalue weighted by Crippen LogP contribution is 2.27. The van der Waals surface area contributed by atoms with Gasteiger partial charge in [-0.1, -0.05) is 43.3 Å². The maximum atomic E-state index is 13.8. The van der Waals surface area contributed by atoms with E-state index in [9.17, 15) is 9.59 Å². The third kappa shape index (κ3) is 6.57. The van der Waals surface area contributed by atoms with E-state index in [-0.39, 0.29) is 29.5 Å². The average Bonchev–Trinajstić information content (AvgIpc) is 3.72. The molecule has 4 atom stereocenters. The fourth-order valence-electron chi connectivity index (χ4n) is 5.67. The Labute approximate surface area is 230 Å². The molecule has 0 unspecified atom stereocenters. The van der Waals surface area contributed by atoms with Crippen LogP contribution < -0.4 is 21.5 Å². The van der Waals surface area contributed by atoms with Crippen LogP contribution in [0.1, 0.15) is 61.1 Å². The quantitative estimate of drug-likeness (QED) is 0.390. The minimum atomic E-state index is -0.238. The maximum absolute atomic E-state index is 13.8. The number of rotatable bonds is 9. The first-order valence-corrected chi connectivity index (χ1v) is 14.1. The van der Waals surface area contributed by atoms with Crippen molar-refractivity contribution in [1.82, 2.24) is 25.1 Å². The second-order valence-electron chi connectivity index (χ2n) is 11.4. The van der Waals surface area contributed by atoms with Gasteiger partial charge < -0.3 is 16.0 Å². The Morgan fingerprint density at radius 2 is 1.82 bits per heavy atom. The molecule has 3 aromatic rings. The number of carbonyl (C=O) groups is 1. The number of aryl methyl sites for hydroxylation is 1. The van der Waals surface area contributed by atoms with Crippen LogP contribution in [0.15, 0.2) is 65.7 Å². The Morgan fingerprint density at radius 1 is 1.10 bits per heavy atom. The highest BCUT2D eigenvalue weighted by Gasteiger charge is 2.28. The van der Waals surface area contributed by atoms with E-state index in [0.717, 1.165) is 43.6 Å². The number of anilines is 1. The lowest BCUT2D eigenvalue weighted by Gasteiger charge is -2.39. The van der Waals surface area contributed by atoms with Gasteiger partial charge in [-0.25, -0.2) is 4.98 Å². The Bertz CT molecular complexity index is 1340. The molecule has 1 aliphatic carbocycles. The van der Waals surface area contributed by atoms with E-state index < -0.39 is 0 Å². The fourth-order valence-corrected chi connectivity index (χ4v) is 5.67. The van der Waals surface area contributed by atoms with E-state index in [0.29, 0.717) is 29.2 Å². The van der Waals surface area contributed by atoms with E-state index in [4.69, 9.17) is 0 Å². The van der Waals surface area contributed by atoms with Crippen molar-refractivity contribution in [3.63, 3.8) is 0 Å². The lowest BCUT2D eigenvalue weighted by Crippen LogP contribution is -2.55. The van der Waals surface area contributed by atoms with Crippen LogP contribution in [0.4, 0.5) is 5.82 Å². The van der Waals surface area contributed by atoms with Crippen LogP contribution in [0.25, 0.3) is 5.69 Å². The van der Waals surface area contributed by atoms with Gasteiger partial charge in [0, 0.05) is 55.7 Å². The standard InChI is InChI=1S/C31H40N6O2/c1-20-10-11-25(30(38)34-26-12-13-26)16-27(20)37-15-14-32-29(31(37)39)35-28(24-8-6-5-7-9-24)21(2)17-36-18-22(3)33-23(4)19-36/h5-11,14-16,21-23,26,28,33H,12-13,17-19H2,1-4H3,(H,32,35)(H,34,38)/t21-,22-,23+,28-/m1/s1. The highest BCUT2D eigenvalue weighted by atomic mass is 16.2. The molecule has 1 aromatic heterocycles. The van der Waals surface area contributed by atoms with E-state index in [1.54, 1.807) is 23.0 Å². The number of nitrogens with one attached hydrogen (secondary N) is 3. The van der Waals surface area contributed by atoms with Crippen LogP contribution in [0.5, 0.6) is 0 Å². The highest BCUT2D eigenvalue weighted by molar-refractivity contribution is 5.95. The van der Waals surface area contributed by atoms with Crippen LogP contribution in [-0.4, -0.2) is 58.1 Å². The Balaban J connectivity index is 1.42. The molecule has 5 rings (SSSR count). The normalized spacial score (nSPS) is 21.2. The van der Waals surface area contributed by atoms with E-state index in [2.05, 4.69) is 58.7 Å². The van der Waals surface area contributed by atoms with Crippen molar-refractivity contribution >= 4 is 11.7 Å². The molecule has 2 aromatic carbocycles. The van der Waals surface area contributed by atoms with Gasteiger partial charge in [-0.2, -0.15) is 0 Å². The van der Waals surface area contributed by atoms with Gasteiger partial charge in [0.2, 0.25) is 0 Å². The molecule has 1 saturated carbocycles. The molecule has 2 fully saturated rings. The van der Waals surface area contributed by atoms with Gasteiger partial charge in [0.05, 0.1) is 11.7 Å². The molecule has 2 aliphatic rings. The van der Waals surface area contributed by atoms with Gasteiger partial charge in [-0.15, -0.1) is 0 Å². The number of piperazine rings is 1. The van der Waals surface area contributed by atoms with Gasteiger partial charge in [-0.3, -0.25) is 19.1 Å². The number of amides is 1. The van der Waals surface area contributed by atoms with Gasteiger partial charge >= 0.3 is 0 Å². The Hall–Kier alpha value is -3.49. The average molecular weight is 529 g/mol. The molecular formula is C31H40N6O2. The third-order valence-electron chi connectivity index (χ3n) is 7.68. The van der Waals surface area contributed by atoms with Gasteiger partial charge in [0.1, 0.15) is 0 Å². The summed E-state index contributed by atoms with van der Waals surface area (Å²) in [6, 6.07) is 16.8. The third-order valence-corrected chi connectivity index (χ3v) is 7.68. The largest absolute Gasteiger partial charge is 0.358 e. The van der Waals surface area contributed by atoms with E-state index in [1.165, 1.54) is 0 Å². The molecule has 8 heteroatoms. The summed E-state index contributed by atoms with van der Waals surface area (Å²) in [6.07, 6.45) is 5.36. The van der Waals surface area contributed by atoms with Crippen molar-refractivity contribution in [3.8, 4) is 5.69 Å². The number of carbonyl (C=O) groups excluding carboxylic acids is 1. The van der Waals surface area contributed by atoms with Crippen molar-refractivity contribution in [2.75, 3.05) is 25.0 Å². The van der Waals surface area contributed by atoms with E-state index in [1.807, 2.05) is 37.3 Å². The van der Waals surface area contributed by atoms with Gasteiger partial charge in [-0.05, 0) is 62.8 Å². The molecule has 8 nitrogen and oxygen atoms in total. The summed E-state index contributed by atoms with van der Waals surface area (Å²) >= 11 is 0. The van der Waals surface area contributed by atoms with Crippen molar-refractivity contribution in [2.45, 2.75) is 64.7 Å². The zero-order chi connectivity index (χ0) is 27.5. The Kier molecular flexibility index (Phi) is 8.14. The molecule has 39 heavy (non-hydrogen) atoms. The fraction of sp³-hybridized carbons (Fsp3) is 0.452. The SMILES string of the molecule is Cc1ccc(C(=O)NC2CC2)cc1-n1ccnc(N[C@@H](c2ccccc2)[C@H](C)CN2C[C@@H](C)N[C@@H](C)C2)c1=O. The first kappa shape index (κ1) is 27.1. The predicted octanol–water partition coefficient (Wildman–Crippen LogP) is 3.90. The first-order valence-electron chi connectivity index (χ1n) is 14.1. The molecule has 0 bridgehead atoms. The van der Waals surface area contributed by atoms with Gasteiger partial charge in [0.25, 0.3) is 11.5 Å². The van der Waals surface area contributed by atoms with Crippen molar-refractivity contribution in [1.29, 1.82) is 0 Å². The molecule has 1 amide bonds. The predicted molar refractivity (Wildman–Crippen MR) is 156 cm³/mol. The number of hydrogen-bond donors (Lipinski definition) is 3. The second kappa shape index (κ2) is 11.7. The molecule has 1 saturated heterocycles. The lowest BCUT2D eigenvalue weighted by molar-refractivity contribution is 0.0951. The summed E-state index contributed by atoms with van der Waals surface area (Å²) in [7, 11) is 0. The van der Waals surface area contributed by atoms with Crippen LogP contribution >= 0.6 is 0 Å². The number of aromatic nitrogens is 2. The first-order chi connectivity index (χ1) is 18.8. The van der Waals surface area contributed by atoms with E-state index >= 15 is 0 Å². The molecule has 206 valence electrons. The second-order valence-corrected chi connectivity index (χ2v) is 11.4. The summed E-state index contributed by atoms with van der Waals surface area (Å²) in [5.41, 5.74) is 3.02. The minimum absolute atomic E-state index is 0.0977. The summed E-state index contributed by atoms with van der Waals surface area (Å²) in [4.78, 5) is 33.4. The Morgan fingerprint density at radius 3 is 2.51 bits per heavy atom. The summed E-state index contributed by atoms with van der Waals surface area (Å²) < 4.78 is 1.59. The summed E-state index contributed by atoms with van der Waals surface area (Å²) in [6.45, 7) is 11.5. The zero-order valence-corrected chi connectivity index (χ0v) is 23.4. The summed E-state index contributed by atoms with van der Waals surface area (Å²) in [5, 5.41) is 10.1. The zero-order valence-electron chi connectivity index (χ0n) is 23.4. The van der Waals surface area contributed by atoms with Crippen LogP contribution in [0, 0.1) is 12.8 Å². The molecule has 2 heterocycles. The molecular weight excluding hydrogens is 488 g/mol. The van der Waals surface area contributed by atoms with Crippen LogP contribution in [-0.2, 0) is 0 Å². The van der Waals surface area contributed by atoms with Crippen LogP contribution in [0.3, 0.4) is 0 Å².